The van der Waals surface area contributed by atoms with Crippen LogP contribution in [0.5, 0.6) is 0 Å². The van der Waals surface area contributed by atoms with Gasteiger partial charge in [-0.25, -0.2) is 9.97 Å². The summed E-state index contributed by atoms with van der Waals surface area (Å²) in [6.07, 6.45) is 0.255. The maximum absolute atomic E-state index is 13.3. The highest BCUT2D eigenvalue weighted by Gasteiger charge is 2.38. The van der Waals surface area contributed by atoms with Crippen LogP contribution in [-0.4, -0.2) is 59.4 Å². The quantitative estimate of drug-likeness (QED) is 0.511. The number of hydrogen-bond donors (Lipinski definition) is 1. The van der Waals surface area contributed by atoms with E-state index in [1.165, 1.54) is 5.56 Å². The van der Waals surface area contributed by atoms with E-state index in [2.05, 4.69) is 55.2 Å². The lowest BCUT2D eigenvalue weighted by molar-refractivity contribution is -0.136. The van der Waals surface area contributed by atoms with Gasteiger partial charge in [0.15, 0.2) is 0 Å². The third kappa shape index (κ3) is 5.36. The lowest BCUT2D eigenvalue weighted by Crippen LogP contribution is -2.51. The van der Waals surface area contributed by atoms with E-state index in [1.54, 1.807) is 4.90 Å². The molecular formula is C27H29BrN6O2. The zero-order chi connectivity index (χ0) is 25.2. The van der Waals surface area contributed by atoms with Crippen molar-refractivity contribution in [3.63, 3.8) is 0 Å². The number of aromatic nitrogens is 2. The summed E-state index contributed by atoms with van der Waals surface area (Å²) in [6, 6.07) is 17.8. The zero-order valence-electron chi connectivity index (χ0n) is 20.4. The summed E-state index contributed by atoms with van der Waals surface area (Å²) in [6.45, 7) is 6.94. The zero-order valence-corrected chi connectivity index (χ0v) is 22.0. The van der Waals surface area contributed by atoms with Crippen molar-refractivity contribution in [3.8, 4) is 0 Å². The molecule has 36 heavy (non-hydrogen) atoms. The van der Waals surface area contributed by atoms with E-state index >= 15 is 0 Å². The van der Waals surface area contributed by atoms with Crippen molar-refractivity contribution in [3.05, 3.63) is 70.5 Å². The number of halogens is 1. The molecule has 1 aromatic heterocycles. The summed E-state index contributed by atoms with van der Waals surface area (Å²) in [5.41, 5.74) is 3.00. The summed E-state index contributed by atoms with van der Waals surface area (Å²) in [5, 5.41) is 3.36. The van der Waals surface area contributed by atoms with Crippen LogP contribution in [0.4, 0.5) is 23.0 Å². The van der Waals surface area contributed by atoms with Crippen LogP contribution in [0.15, 0.2) is 59.1 Å². The Morgan fingerprint density at radius 1 is 1.00 bits per heavy atom. The topological polar surface area (TPSA) is 81.7 Å². The summed E-state index contributed by atoms with van der Waals surface area (Å²) < 4.78 is 0.913. The predicted molar refractivity (Wildman–Crippen MR) is 145 cm³/mol. The number of carbonyl (C=O) groups is 2. The van der Waals surface area contributed by atoms with E-state index in [-0.39, 0.29) is 24.2 Å². The number of rotatable bonds is 5. The molecule has 186 valence electrons. The molecule has 1 atom stereocenters. The van der Waals surface area contributed by atoms with Gasteiger partial charge in [0, 0.05) is 61.1 Å². The fraction of sp³-hybridized carbons (Fsp3) is 0.333. The number of amides is 2. The Hall–Kier alpha value is -3.46. The van der Waals surface area contributed by atoms with E-state index in [1.807, 2.05) is 54.3 Å². The standard InChI is InChI=1S/C27H29BrN6O2/c1-18-6-8-22(9-7-18)31-24-16-25(30-19(2)29-24)32-10-12-33(13-11-32)27(36)20-14-26(35)34(17-20)23-5-3-4-21(28)15-23/h3-9,15-16,20H,10-14,17H2,1-2H3,(H,29,30,31). The van der Waals surface area contributed by atoms with Gasteiger partial charge < -0.3 is 20.0 Å². The number of nitrogens with zero attached hydrogens (tertiary/aromatic N) is 5. The average molecular weight is 549 g/mol. The molecule has 2 amide bonds. The first-order valence-electron chi connectivity index (χ1n) is 12.1. The molecule has 2 aliphatic rings. The number of carbonyl (C=O) groups excluding carboxylic acids is 2. The minimum atomic E-state index is -0.311. The molecule has 0 spiro atoms. The molecule has 3 aromatic rings. The van der Waals surface area contributed by atoms with Crippen LogP contribution in [0.25, 0.3) is 0 Å². The van der Waals surface area contributed by atoms with Crippen molar-refractivity contribution in [2.45, 2.75) is 20.3 Å². The van der Waals surface area contributed by atoms with Crippen LogP contribution in [0.3, 0.4) is 0 Å². The Kier molecular flexibility index (Phi) is 6.91. The number of anilines is 4. The maximum Gasteiger partial charge on any atom is 0.228 e. The smallest absolute Gasteiger partial charge is 0.228 e. The fourth-order valence-electron chi connectivity index (χ4n) is 4.74. The van der Waals surface area contributed by atoms with Gasteiger partial charge in [-0.1, -0.05) is 39.7 Å². The van der Waals surface area contributed by atoms with Crippen molar-refractivity contribution in [1.82, 2.24) is 14.9 Å². The molecule has 2 aliphatic heterocycles. The number of piperazine rings is 1. The fourth-order valence-corrected chi connectivity index (χ4v) is 5.13. The molecule has 8 nitrogen and oxygen atoms in total. The number of aryl methyl sites for hydroxylation is 2. The number of hydrogen-bond acceptors (Lipinski definition) is 6. The Morgan fingerprint density at radius 2 is 1.75 bits per heavy atom. The lowest BCUT2D eigenvalue weighted by atomic mass is 10.1. The molecule has 0 bridgehead atoms. The SMILES string of the molecule is Cc1ccc(Nc2cc(N3CCN(C(=O)C4CC(=O)N(c5cccc(Br)c5)C4)CC3)nc(C)n2)cc1. The van der Waals surface area contributed by atoms with E-state index in [9.17, 15) is 9.59 Å². The molecule has 2 aromatic carbocycles. The van der Waals surface area contributed by atoms with E-state index in [0.29, 0.717) is 38.5 Å². The second kappa shape index (κ2) is 10.3. The van der Waals surface area contributed by atoms with Crippen LogP contribution in [0, 0.1) is 19.8 Å². The summed E-state index contributed by atoms with van der Waals surface area (Å²) in [5.74, 6) is 2.03. The molecule has 0 saturated carbocycles. The van der Waals surface area contributed by atoms with Crippen molar-refractivity contribution in [2.24, 2.45) is 5.92 Å². The molecule has 2 saturated heterocycles. The van der Waals surface area contributed by atoms with E-state index < -0.39 is 0 Å². The molecule has 0 radical (unpaired) electrons. The van der Waals surface area contributed by atoms with Crippen LogP contribution < -0.4 is 15.1 Å². The van der Waals surface area contributed by atoms with Gasteiger partial charge in [-0.2, -0.15) is 0 Å². The molecule has 0 aliphatic carbocycles. The van der Waals surface area contributed by atoms with Gasteiger partial charge in [-0.3, -0.25) is 9.59 Å². The predicted octanol–water partition coefficient (Wildman–Crippen LogP) is 4.30. The number of nitrogens with one attached hydrogen (secondary N) is 1. The van der Waals surface area contributed by atoms with Gasteiger partial charge in [0.2, 0.25) is 11.8 Å². The Morgan fingerprint density at radius 3 is 2.47 bits per heavy atom. The van der Waals surface area contributed by atoms with Gasteiger partial charge in [-0.15, -0.1) is 0 Å². The molecule has 3 heterocycles. The molecule has 1 N–H and O–H groups in total. The van der Waals surface area contributed by atoms with Crippen molar-refractivity contribution < 1.29 is 9.59 Å². The second-order valence-electron chi connectivity index (χ2n) is 9.35. The van der Waals surface area contributed by atoms with Crippen molar-refractivity contribution in [2.75, 3.05) is 47.8 Å². The van der Waals surface area contributed by atoms with Crippen LogP contribution >= 0.6 is 15.9 Å². The van der Waals surface area contributed by atoms with Crippen LogP contribution in [0.2, 0.25) is 0 Å². The first kappa shape index (κ1) is 24.2. The normalized spacial score (nSPS) is 18.0. The monoisotopic (exact) mass is 548 g/mol. The Bertz CT molecular complexity index is 1270. The third-order valence-electron chi connectivity index (χ3n) is 6.66. The third-order valence-corrected chi connectivity index (χ3v) is 7.15. The highest BCUT2D eigenvalue weighted by atomic mass is 79.9. The summed E-state index contributed by atoms with van der Waals surface area (Å²) in [7, 11) is 0. The molecule has 9 heteroatoms. The highest BCUT2D eigenvalue weighted by Crippen LogP contribution is 2.29. The largest absolute Gasteiger partial charge is 0.353 e. The highest BCUT2D eigenvalue weighted by molar-refractivity contribution is 9.10. The molecule has 2 fully saturated rings. The van der Waals surface area contributed by atoms with Gasteiger partial charge in [0.25, 0.3) is 0 Å². The lowest BCUT2D eigenvalue weighted by Gasteiger charge is -2.36. The molecule has 5 rings (SSSR count). The van der Waals surface area contributed by atoms with Gasteiger partial charge in [0.05, 0.1) is 5.92 Å². The van der Waals surface area contributed by atoms with E-state index in [4.69, 9.17) is 0 Å². The van der Waals surface area contributed by atoms with E-state index in [0.717, 1.165) is 27.5 Å². The average Bonchev–Trinajstić information content (AvgIpc) is 3.26. The van der Waals surface area contributed by atoms with Crippen molar-refractivity contribution >= 4 is 50.8 Å². The van der Waals surface area contributed by atoms with Crippen LogP contribution in [0.1, 0.15) is 17.8 Å². The summed E-state index contributed by atoms with van der Waals surface area (Å²) in [4.78, 5) is 40.9. The van der Waals surface area contributed by atoms with Crippen LogP contribution in [-0.2, 0) is 9.59 Å². The number of benzene rings is 2. The maximum atomic E-state index is 13.3. The molecule has 1 unspecified atom stereocenters. The minimum Gasteiger partial charge on any atom is -0.353 e. The van der Waals surface area contributed by atoms with Gasteiger partial charge >= 0.3 is 0 Å². The van der Waals surface area contributed by atoms with Gasteiger partial charge in [-0.05, 0) is 44.2 Å². The van der Waals surface area contributed by atoms with Gasteiger partial charge in [0.1, 0.15) is 17.5 Å². The summed E-state index contributed by atoms with van der Waals surface area (Å²) >= 11 is 3.46. The molecular weight excluding hydrogens is 520 g/mol. The first-order chi connectivity index (χ1) is 17.4. The Balaban J connectivity index is 1.20. The second-order valence-corrected chi connectivity index (χ2v) is 10.3. The Labute approximate surface area is 219 Å². The van der Waals surface area contributed by atoms with Crippen molar-refractivity contribution in [1.29, 1.82) is 0 Å². The minimum absolute atomic E-state index is 0.00449. The first-order valence-corrected chi connectivity index (χ1v) is 12.9.